The van der Waals surface area contributed by atoms with Crippen LogP contribution in [0, 0.1) is 0 Å². The quantitative estimate of drug-likeness (QED) is 0.284. The van der Waals surface area contributed by atoms with E-state index in [-0.39, 0.29) is 5.84 Å². The summed E-state index contributed by atoms with van der Waals surface area (Å²) in [5.41, 5.74) is 6.21. The van der Waals surface area contributed by atoms with Gasteiger partial charge in [0, 0.05) is 5.56 Å². The molecule has 0 amide bonds. The smallest absolute Gasteiger partial charge is 0.170 e. The van der Waals surface area contributed by atoms with Gasteiger partial charge in [-0.2, -0.15) is 0 Å². The second-order valence-electron chi connectivity index (χ2n) is 4.74. The van der Waals surface area contributed by atoms with E-state index in [1.165, 1.54) is 25.7 Å². The van der Waals surface area contributed by atoms with Crippen molar-refractivity contribution in [2.45, 2.75) is 44.6 Å². The minimum atomic E-state index is 0.121. The van der Waals surface area contributed by atoms with E-state index in [0.717, 1.165) is 18.6 Å². The van der Waals surface area contributed by atoms with E-state index in [1.807, 2.05) is 12.1 Å². The molecule has 3 N–H and O–H groups in total. The minimum Gasteiger partial charge on any atom is -0.490 e. The van der Waals surface area contributed by atoms with E-state index < -0.39 is 0 Å². The first-order chi connectivity index (χ1) is 8.79. The molecule has 0 aromatic heterocycles. The number of hydrogen-bond acceptors (Lipinski definition) is 3. The molecule has 1 aromatic rings. The van der Waals surface area contributed by atoms with Crippen molar-refractivity contribution < 1.29 is 9.94 Å². The van der Waals surface area contributed by atoms with Crippen LogP contribution in [0.5, 0.6) is 5.75 Å². The monoisotopic (exact) mass is 248 g/mol. The van der Waals surface area contributed by atoms with Gasteiger partial charge in [-0.1, -0.05) is 18.0 Å². The topological polar surface area (TPSA) is 67.8 Å². The number of nitrogens with zero attached hydrogens (tertiary/aromatic N) is 1. The molecular weight excluding hydrogens is 228 g/mol. The lowest BCUT2D eigenvalue weighted by atomic mass is 10.1. The number of ether oxygens (including phenoxy) is 1. The minimum absolute atomic E-state index is 0.121. The second-order valence-corrected chi connectivity index (χ2v) is 4.74. The van der Waals surface area contributed by atoms with Crippen molar-refractivity contribution in [3.63, 3.8) is 0 Å². The van der Waals surface area contributed by atoms with Gasteiger partial charge in [0.2, 0.25) is 0 Å². The van der Waals surface area contributed by atoms with Gasteiger partial charge in [0.25, 0.3) is 0 Å². The summed E-state index contributed by atoms with van der Waals surface area (Å²) < 4.78 is 5.96. The summed E-state index contributed by atoms with van der Waals surface area (Å²) in [5, 5.41) is 11.6. The highest BCUT2D eigenvalue weighted by atomic mass is 16.5. The van der Waals surface area contributed by atoms with Crippen LogP contribution in [0.25, 0.3) is 0 Å². The summed E-state index contributed by atoms with van der Waals surface area (Å²) in [4.78, 5) is 0. The summed E-state index contributed by atoms with van der Waals surface area (Å²) in [5.74, 6) is 0.979. The number of oxime groups is 1. The van der Waals surface area contributed by atoms with Crippen LogP contribution in [-0.4, -0.2) is 17.1 Å². The molecule has 1 saturated carbocycles. The summed E-state index contributed by atoms with van der Waals surface area (Å²) in [7, 11) is 0. The summed E-state index contributed by atoms with van der Waals surface area (Å²) in [6.45, 7) is 0. The zero-order valence-corrected chi connectivity index (χ0v) is 10.5. The Morgan fingerprint density at radius 3 is 2.28 bits per heavy atom. The fraction of sp³-hybridized carbons (Fsp3) is 0.500. The lowest BCUT2D eigenvalue weighted by molar-refractivity contribution is 0.184. The molecule has 0 radical (unpaired) electrons. The van der Waals surface area contributed by atoms with Crippen LogP contribution < -0.4 is 10.5 Å². The molecule has 0 atom stereocenters. The van der Waals surface area contributed by atoms with Crippen molar-refractivity contribution in [1.29, 1.82) is 0 Å². The first kappa shape index (κ1) is 12.7. The molecule has 1 aliphatic rings. The van der Waals surface area contributed by atoms with Crippen LogP contribution in [0.15, 0.2) is 29.4 Å². The highest BCUT2D eigenvalue weighted by Gasteiger charge is 2.13. The lowest BCUT2D eigenvalue weighted by Crippen LogP contribution is -2.16. The first-order valence-corrected chi connectivity index (χ1v) is 6.54. The van der Waals surface area contributed by atoms with E-state index in [9.17, 15) is 0 Å². The van der Waals surface area contributed by atoms with Crippen LogP contribution >= 0.6 is 0 Å². The fourth-order valence-electron chi connectivity index (χ4n) is 2.31. The first-order valence-electron chi connectivity index (χ1n) is 6.54. The van der Waals surface area contributed by atoms with Crippen molar-refractivity contribution >= 4 is 5.84 Å². The Kier molecular flexibility index (Phi) is 4.45. The molecular formula is C14H20N2O2. The van der Waals surface area contributed by atoms with E-state index in [0.29, 0.717) is 11.7 Å². The molecule has 0 unspecified atom stereocenters. The van der Waals surface area contributed by atoms with Crippen molar-refractivity contribution in [3.8, 4) is 5.75 Å². The largest absolute Gasteiger partial charge is 0.490 e. The zero-order valence-electron chi connectivity index (χ0n) is 10.5. The predicted molar refractivity (Wildman–Crippen MR) is 71.1 cm³/mol. The number of rotatable bonds is 3. The van der Waals surface area contributed by atoms with E-state index in [2.05, 4.69) is 5.16 Å². The molecule has 0 heterocycles. The maximum Gasteiger partial charge on any atom is 0.170 e. The van der Waals surface area contributed by atoms with Crippen molar-refractivity contribution in [2.24, 2.45) is 10.9 Å². The normalized spacial score (nSPS) is 18.3. The average molecular weight is 248 g/mol. The number of hydrogen-bond donors (Lipinski definition) is 2. The molecule has 0 aliphatic heterocycles. The molecule has 18 heavy (non-hydrogen) atoms. The molecule has 1 fully saturated rings. The fourth-order valence-corrected chi connectivity index (χ4v) is 2.31. The Hall–Kier alpha value is -1.71. The molecule has 1 aromatic carbocycles. The maximum absolute atomic E-state index is 8.58. The highest BCUT2D eigenvalue weighted by molar-refractivity contribution is 5.97. The average Bonchev–Trinajstić information content (AvgIpc) is 2.67. The third-order valence-corrected chi connectivity index (χ3v) is 3.36. The van der Waals surface area contributed by atoms with E-state index >= 15 is 0 Å². The van der Waals surface area contributed by atoms with Crippen LogP contribution in [0.4, 0.5) is 0 Å². The van der Waals surface area contributed by atoms with Crippen LogP contribution in [0.2, 0.25) is 0 Å². The van der Waals surface area contributed by atoms with Gasteiger partial charge >= 0.3 is 0 Å². The van der Waals surface area contributed by atoms with Crippen molar-refractivity contribution in [3.05, 3.63) is 29.8 Å². The summed E-state index contributed by atoms with van der Waals surface area (Å²) in [6, 6.07) is 7.36. The van der Waals surface area contributed by atoms with E-state index in [1.54, 1.807) is 12.1 Å². The zero-order chi connectivity index (χ0) is 12.8. The van der Waals surface area contributed by atoms with Gasteiger partial charge in [-0.05, 0) is 49.9 Å². The summed E-state index contributed by atoms with van der Waals surface area (Å²) >= 11 is 0. The number of amidine groups is 1. The van der Waals surface area contributed by atoms with Gasteiger partial charge in [-0.15, -0.1) is 0 Å². The standard InChI is InChI=1S/C14H20N2O2/c15-14(16-17)11-7-9-13(10-8-11)18-12-5-3-1-2-4-6-12/h7-10,12,17H,1-6H2,(H2,15,16). The van der Waals surface area contributed by atoms with E-state index in [4.69, 9.17) is 15.7 Å². The Bertz CT molecular complexity index is 393. The van der Waals surface area contributed by atoms with Gasteiger partial charge in [0.05, 0.1) is 6.10 Å². The molecule has 0 spiro atoms. The molecule has 98 valence electrons. The lowest BCUT2D eigenvalue weighted by Gasteiger charge is -2.17. The van der Waals surface area contributed by atoms with Gasteiger partial charge in [0.15, 0.2) is 5.84 Å². The third kappa shape index (κ3) is 3.39. The van der Waals surface area contributed by atoms with Gasteiger partial charge in [0.1, 0.15) is 5.75 Å². The molecule has 0 bridgehead atoms. The van der Waals surface area contributed by atoms with Crippen LogP contribution in [-0.2, 0) is 0 Å². The van der Waals surface area contributed by atoms with Gasteiger partial charge < -0.3 is 15.7 Å². The van der Waals surface area contributed by atoms with Gasteiger partial charge in [-0.25, -0.2) is 0 Å². The molecule has 2 rings (SSSR count). The molecule has 1 aliphatic carbocycles. The third-order valence-electron chi connectivity index (χ3n) is 3.36. The maximum atomic E-state index is 8.58. The Morgan fingerprint density at radius 1 is 1.11 bits per heavy atom. The SMILES string of the molecule is N/C(=N\O)c1ccc(OC2CCCCCC2)cc1. The molecule has 0 saturated heterocycles. The van der Waals surface area contributed by atoms with Crippen LogP contribution in [0.3, 0.4) is 0 Å². The Balaban J connectivity index is 1.97. The summed E-state index contributed by atoms with van der Waals surface area (Å²) in [6.07, 6.45) is 7.77. The van der Waals surface area contributed by atoms with Crippen molar-refractivity contribution in [1.82, 2.24) is 0 Å². The molecule has 4 heteroatoms. The van der Waals surface area contributed by atoms with Gasteiger partial charge in [-0.3, -0.25) is 0 Å². The number of nitrogens with two attached hydrogens (primary N) is 1. The predicted octanol–water partition coefficient (Wildman–Crippen LogP) is 2.88. The Morgan fingerprint density at radius 2 is 1.72 bits per heavy atom. The number of benzene rings is 1. The highest BCUT2D eigenvalue weighted by Crippen LogP contribution is 2.23. The van der Waals surface area contributed by atoms with Crippen LogP contribution in [0.1, 0.15) is 44.1 Å². The second kappa shape index (κ2) is 6.28. The molecule has 4 nitrogen and oxygen atoms in total. The van der Waals surface area contributed by atoms with Crippen molar-refractivity contribution in [2.75, 3.05) is 0 Å². The Labute approximate surface area is 107 Å².